The van der Waals surface area contributed by atoms with Crippen LogP contribution >= 0.6 is 0 Å². The molecule has 1 aromatic carbocycles. The number of benzene rings is 1. The van der Waals surface area contributed by atoms with Crippen LogP contribution in [-0.4, -0.2) is 24.4 Å². The molecule has 0 aliphatic heterocycles. The number of likely N-dealkylation sites (N-methyl/N-ethyl adjacent to an activating group) is 1. The fourth-order valence-corrected chi connectivity index (χ4v) is 1.44. The largest absolute Gasteiger partial charge is 0.344 e. The van der Waals surface area contributed by atoms with Gasteiger partial charge in [0.25, 0.3) is 0 Å². The lowest BCUT2D eigenvalue weighted by atomic mass is 10.1. The van der Waals surface area contributed by atoms with E-state index in [-0.39, 0.29) is 5.91 Å². The van der Waals surface area contributed by atoms with Gasteiger partial charge in [-0.05, 0) is 18.9 Å². The number of nitrogens with zero attached hydrogens (tertiary/aromatic N) is 2. The molecule has 0 aliphatic carbocycles. The molecule has 84 valence electrons. The predicted octanol–water partition coefficient (Wildman–Crippen LogP) is 1.85. The molecular formula is C13H16N2O. The van der Waals surface area contributed by atoms with Gasteiger partial charge in [-0.1, -0.05) is 30.3 Å². The van der Waals surface area contributed by atoms with Crippen molar-refractivity contribution in [2.75, 3.05) is 13.6 Å². The first-order chi connectivity index (χ1) is 7.65. The summed E-state index contributed by atoms with van der Waals surface area (Å²) >= 11 is 0. The molecule has 3 heteroatoms. The summed E-state index contributed by atoms with van der Waals surface area (Å²) in [6.07, 6.45) is 0.821. The first-order valence-electron chi connectivity index (χ1n) is 5.33. The van der Waals surface area contributed by atoms with Gasteiger partial charge in [0.15, 0.2) is 0 Å². The second kappa shape index (κ2) is 5.92. The van der Waals surface area contributed by atoms with Crippen molar-refractivity contribution in [2.45, 2.75) is 13.3 Å². The number of carbonyl (C=O) groups is 1. The van der Waals surface area contributed by atoms with E-state index in [1.54, 1.807) is 18.9 Å². The molecule has 0 bridgehead atoms. The van der Waals surface area contributed by atoms with Crippen LogP contribution in [0.15, 0.2) is 30.3 Å². The van der Waals surface area contributed by atoms with Crippen LogP contribution in [0.5, 0.6) is 0 Å². The summed E-state index contributed by atoms with van der Waals surface area (Å²) < 4.78 is 0. The third-order valence-electron chi connectivity index (χ3n) is 2.52. The zero-order valence-corrected chi connectivity index (χ0v) is 9.68. The van der Waals surface area contributed by atoms with E-state index in [0.29, 0.717) is 6.54 Å². The maximum atomic E-state index is 11.6. The third kappa shape index (κ3) is 3.39. The minimum absolute atomic E-state index is 0.113. The van der Waals surface area contributed by atoms with Gasteiger partial charge in [0.1, 0.15) is 5.92 Å². The molecule has 1 rings (SSSR count). The Bertz CT molecular complexity index is 381. The van der Waals surface area contributed by atoms with Gasteiger partial charge in [-0.15, -0.1) is 0 Å². The van der Waals surface area contributed by atoms with Gasteiger partial charge >= 0.3 is 0 Å². The summed E-state index contributed by atoms with van der Waals surface area (Å²) in [5.41, 5.74) is 1.20. The fourth-order valence-electron chi connectivity index (χ4n) is 1.44. The molecule has 1 atom stereocenters. The molecule has 0 heterocycles. The van der Waals surface area contributed by atoms with Crippen molar-refractivity contribution in [2.24, 2.45) is 5.92 Å². The van der Waals surface area contributed by atoms with Crippen LogP contribution in [-0.2, 0) is 11.2 Å². The van der Waals surface area contributed by atoms with E-state index < -0.39 is 5.92 Å². The van der Waals surface area contributed by atoms with Crippen LogP contribution in [0.25, 0.3) is 0 Å². The second-order valence-corrected chi connectivity index (χ2v) is 3.85. The Kier molecular flexibility index (Phi) is 4.53. The van der Waals surface area contributed by atoms with Gasteiger partial charge in [-0.2, -0.15) is 5.26 Å². The van der Waals surface area contributed by atoms with E-state index in [1.807, 2.05) is 36.4 Å². The molecule has 0 N–H and O–H groups in total. The minimum atomic E-state index is -0.555. The average Bonchev–Trinajstić information content (AvgIpc) is 2.35. The van der Waals surface area contributed by atoms with Crippen molar-refractivity contribution in [3.63, 3.8) is 0 Å². The molecule has 3 nitrogen and oxygen atoms in total. The average molecular weight is 216 g/mol. The Balaban J connectivity index is 2.45. The highest BCUT2D eigenvalue weighted by atomic mass is 16.2. The highest BCUT2D eigenvalue weighted by molar-refractivity contribution is 5.80. The summed E-state index contributed by atoms with van der Waals surface area (Å²) in [6, 6.07) is 12.0. The first-order valence-corrected chi connectivity index (χ1v) is 5.33. The predicted molar refractivity (Wildman–Crippen MR) is 62.6 cm³/mol. The van der Waals surface area contributed by atoms with Crippen LogP contribution in [0, 0.1) is 17.2 Å². The Labute approximate surface area is 96.3 Å². The molecule has 0 fully saturated rings. The van der Waals surface area contributed by atoms with E-state index in [1.165, 1.54) is 5.56 Å². The van der Waals surface area contributed by atoms with Crippen LogP contribution in [0.4, 0.5) is 0 Å². The zero-order valence-electron chi connectivity index (χ0n) is 9.68. The van der Waals surface area contributed by atoms with Crippen LogP contribution < -0.4 is 0 Å². The Morgan fingerprint density at radius 1 is 1.44 bits per heavy atom. The van der Waals surface area contributed by atoms with Crippen molar-refractivity contribution in [1.29, 1.82) is 5.26 Å². The number of nitriles is 1. The van der Waals surface area contributed by atoms with Crippen molar-refractivity contribution < 1.29 is 4.79 Å². The summed E-state index contributed by atoms with van der Waals surface area (Å²) in [4.78, 5) is 13.2. The van der Waals surface area contributed by atoms with E-state index >= 15 is 0 Å². The summed E-state index contributed by atoms with van der Waals surface area (Å²) in [7, 11) is 1.74. The van der Waals surface area contributed by atoms with E-state index in [4.69, 9.17) is 5.26 Å². The standard InChI is InChI=1S/C13H16N2O/c1-11(10-14)13(16)15(2)9-8-12-6-4-3-5-7-12/h3-7,11H,8-9H2,1-2H3. The number of amides is 1. The molecule has 1 aromatic rings. The van der Waals surface area contributed by atoms with Gasteiger partial charge in [-0.3, -0.25) is 4.79 Å². The molecule has 0 aromatic heterocycles. The topological polar surface area (TPSA) is 44.1 Å². The monoisotopic (exact) mass is 216 g/mol. The van der Waals surface area contributed by atoms with Gasteiger partial charge in [0, 0.05) is 13.6 Å². The molecule has 1 amide bonds. The number of hydrogen-bond donors (Lipinski definition) is 0. The van der Waals surface area contributed by atoms with Gasteiger partial charge < -0.3 is 4.90 Å². The number of rotatable bonds is 4. The molecule has 0 saturated heterocycles. The Hall–Kier alpha value is -1.82. The van der Waals surface area contributed by atoms with Crippen LogP contribution in [0.3, 0.4) is 0 Å². The molecular weight excluding hydrogens is 200 g/mol. The Morgan fingerprint density at radius 2 is 2.06 bits per heavy atom. The quantitative estimate of drug-likeness (QED) is 0.771. The lowest BCUT2D eigenvalue weighted by Gasteiger charge is -2.18. The minimum Gasteiger partial charge on any atom is -0.344 e. The van der Waals surface area contributed by atoms with Gasteiger partial charge in [-0.25, -0.2) is 0 Å². The lowest BCUT2D eigenvalue weighted by molar-refractivity contribution is -0.131. The maximum Gasteiger partial charge on any atom is 0.239 e. The highest BCUT2D eigenvalue weighted by Crippen LogP contribution is 2.03. The van der Waals surface area contributed by atoms with Crippen LogP contribution in [0.2, 0.25) is 0 Å². The summed E-state index contributed by atoms with van der Waals surface area (Å²) in [5, 5.41) is 8.64. The normalized spacial score (nSPS) is 11.6. The smallest absolute Gasteiger partial charge is 0.239 e. The zero-order chi connectivity index (χ0) is 12.0. The molecule has 0 saturated carbocycles. The number of carbonyl (C=O) groups excluding carboxylic acids is 1. The highest BCUT2D eigenvalue weighted by Gasteiger charge is 2.15. The SMILES string of the molecule is CC(C#N)C(=O)N(C)CCc1ccccc1. The third-order valence-corrected chi connectivity index (χ3v) is 2.52. The molecule has 0 aliphatic rings. The second-order valence-electron chi connectivity index (χ2n) is 3.85. The van der Waals surface area contributed by atoms with E-state index in [0.717, 1.165) is 6.42 Å². The molecule has 16 heavy (non-hydrogen) atoms. The van der Waals surface area contributed by atoms with E-state index in [9.17, 15) is 4.79 Å². The molecule has 1 unspecified atom stereocenters. The molecule has 0 spiro atoms. The van der Waals surface area contributed by atoms with Crippen molar-refractivity contribution in [3.8, 4) is 6.07 Å². The fraction of sp³-hybridized carbons (Fsp3) is 0.385. The van der Waals surface area contributed by atoms with Gasteiger partial charge in [0.05, 0.1) is 6.07 Å². The lowest BCUT2D eigenvalue weighted by Crippen LogP contribution is -2.32. The Morgan fingerprint density at radius 3 is 2.62 bits per heavy atom. The number of hydrogen-bond acceptors (Lipinski definition) is 2. The van der Waals surface area contributed by atoms with Gasteiger partial charge in [0.2, 0.25) is 5.91 Å². The van der Waals surface area contributed by atoms with Crippen molar-refractivity contribution in [1.82, 2.24) is 4.90 Å². The van der Waals surface area contributed by atoms with E-state index in [2.05, 4.69) is 0 Å². The van der Waals surface area contributed by atoms with Crippen LogP contribution in [0.1, 0.15) is 12.5 Å². The molecule has 0 radical (unpaired) electrons. The van der Waals surface area contributed by atoms with Crippen molar-refractivity contribution >= 4 is 5.91 Å². The summed E-state index contributed by atoms with van der Waals surface area (Å²) in [5.74, 6) is -0.667. The first kappa shape index (κ1) is 12.3. The van der Waals surface area contributed by atoms with Crippen molar-refractivity contribution in [3.05, 3.63) is 35.9 Å². The summed E-state index contributed by atoms with van der Waals surface area (Å²) in [6.45, 7) is 2.27. The maximum absolute atomic E-state index is 11.6.